The Labute approximate surface area is 109 Å². The van der Waals surface area contributed by atoms with Crippen molar-refractivity contribution >= 4 is 27.8 Å². The van der Waals surface area contributed by atoms with Crippen LogP contribution in [0.4, 0.5) is 5.95 Å². The Balaban J connectivity index is 2.81. The second-order valence-electron chi connectivity index (χ2n) is 4.01. The Hall–Kier alpha value is -1.17. The molecule has 1 aromatic rings. The van der Waals surface area contributed by atoms with E-state index in [0.717, 1.165) is 5.69 Å². The molecular weight excluding hydrogens is 286 g/mol. The Morgan fingerprint density at radius 1 is 1.47 bits per heavy atom. The van der Waals surface area contributed by atoms with Crippen LogP contribution in [0.15, 0.2) is 6.07 Å². The van der Waals surface area contributed by atoms with Crippen molar-refractivity contribution in [2.75, 3.05) is 12.4 Å². The number of aryl methyl sites for hydroxylation is 1. The number of methoxy groups -OCH3 is 1. The van der Waals surface area contributed by atoms with Gasteiger partial charge in [-0.3, -0.25) is 10.1 Å². The smallest absolute Gasteiger partial charge is 0.240 e. The molecule has 0 spiro atoms. The first kappa shape index (κ1) is 13.9. The van der Waals surface area contributed by atoms with Gasteiger partial charge in [-0.05, 0) is 12.8 Å². The summed E-state index contributed by atoms with van der Waals surface area (Å²) in [5, 5.41) is 2.65. The maximum Gasteiger partial charge on any atom is 0.240 e. The number of nitrogens with one attached hydrogen (secondary N) is 1. The molecule has 94 valence electrons. The first-order chi connectivity index (χ1) is 7.93. The van der Waals surface area contributed by atoms with E-state index in [2.05, 4.69) is 31.2 Å². The number of aromatic nitrogens is 2. The van der Waals surface area contributed by atoms with Crippen molar-refractivity contribution in [3.8, 4) is 5.88 Å². The number of ether oxygens (including phenoxy) is 1. The van der Waals surface area contributed by atoms with E-state index in [9.17, 15) is 4.79 Å². The van der Waals surface area contributed by atoms with Crippen LogP contribution in [0.2, 0.25) is 0 Å². The topological polar surface area (TPSA) is 64.1 Å². The summed E-state index contributed by atoms with van der Waals surface area (Å²) in [5.41, 5.74) is 0.739. The fourth-order valence-electron chi connectivity index (χ4n) is 1.18. The van der Waals surface area contributed by atoms with Gasteiger partial charge in [0.25, 0.3) is 0 Å². The summed E-state index contributed by atoms with van der Waals surface area (Å²) < 4.78 is 5.01. The van der Waals surface area contributed by atoms with Gasteiger partial charge in [0.15, 0.2) is 0 Å². The Morgan fingerprint density at radius 2 is 2.12 bits per heavy atom. The number of carbonyl (C=O) groups excluding carboxylic acids is 1. The number of hydrogen-bond acceptors (Lipinski definition) is 4. The number of rotatable bonds is 4. The molecule has 0 saturated carbocycles. The SMILES string of the molecule is COc1cc(C)nc(NC(=O)C(Br)C(C)C)n1. The van der Waals surface area contributed by atoms with Crippen molar-refractivity contribution in [2.24, 2.45) is 5.92 Å². The number of alkyl halides is 1. The number of nitrogens with zero attached hydrogens (tertiary/aromatic N) is 2. The molecule has 1 rings (SSSR count). The number of anilines is 1. The lowest BCUT2D eigenvalue weighted by Gasteiger charge is -2.13. The van der Waals surface area contributed by atoms with Crippen LogP contribution < -0.4 is 10.1 Å². The summed E-state index contributed by atoms with van der Waals surface area (Å²) >= 11 is 3.32. The molecule has 0 fully saturated rings. The molecule has 1 aromatic heterocycles. The van der Waals surface area contributed by atoms with Crippen molar-refractivity contribution in [1.29, 1.82) is 0 Å². The zero-order valence-corrected chi connectivity index (χ0v) is 11.9. The standard InChI is InChI=1S/C11H16BrN3O2/c1-6(2)9(12)10(16)15-11-13-7(3)5-8(14-11)17-4/h5-6,9H,1-4H3,(H,13,14,15,16). The highest BCUT2D eigenvalue weighted by Gasteiger charge is 2.19. The molecule has 1 heterocycles. The van der Waals surface area contributed by atoms with Gasteiger partial charge in [0.2, 0.25) is 17.7 Å². The van der Waals surface area contributed by atoms with Crippen LogP contribution in [0.3, 0.4) is 0 Å². The fraction of sp³-hybridized carbons (Fsp3) is 0.545. The van der Waals surface area contributed by atoms with Crippen molar-refractivity contribution in [1.82, 2.24) is 9.97 Å². The molecule has 6 heteroatoms. The minimum Gasteiger partial charge on any atom is -0.481 e. The summed E-state index contributed by atoms with van der Waals surface area (Å²) in [7, 11) is 1.52. The van der Waals surface area contributed by atoms with Crippen LogP contribution in [-0.2, 0) is 4.79 Å². The van der Waals surface area contributed by atoms with Crippen LogP contribution in [0.25, 0.3) is 0 Å². The molecule has 17 heavy (non-hydrogen) atoms. The normalized spacial score (nSPS) is 12.4. The third-order valence-corrected chi connectivity index (χ3v) is 3.58. The monoisotopic (exact) mass is 301 g/mol. The maximum absolute atomic E-state index is 11.8. The zero-order chi connectivity index (χ0) is 13.0. The van der Waals surface area contributed by atoms with Crippen LogP contribution in [0.5, 0.6) is 5.88 Å². The van der Waals surface area contributed by atoms with Crippen molar-refractivity contribution in [2.45, 2.75) is 25.6 Å². The fourth-order valence-corrected chi connectivity index (χ4v) is 1.30. The number of amides is 1. The first-order valence-electron chi connectivity index (χ1n) is 5.28. The van der Waals surface area contributed by atoms with Gasteiger partial charge >= 0.3 is 0 Å². The third kappa shape index (κ3) is 3.96. The van der Waals surface area contributed by atoms with Gasteiger partial charge in [0.1, 0.15) is 0 Å². The molecule has 1 atom stereocenters. The van der Waals surface area contributed by atoms with E-state index in [-0.39, 0.29) is 22.6 Å². The molecule has 1 unspecified atom stereocenters. The predicted molar refractivity (Wildman–Crippen MR) is 69.5 cm³/mol. The Bertz CT molecular complexity index is 410. The summed E-state index contributed by atoms with van der Waals surface area (Å²) in [5.74, 6) is 0.731. The number of hydrogen-bond donors (Lipinski definition) is 1. The molecular formula is C11H16BrN3O2. The van der Waals surface area contributed by atoms with Gasteiger partial charge in [0.05, 0.1) is 11.9 Å². The van der Waals surface area contributed by atoms with Crippen LogP contribution in [-0.4, -0.2) is 27.8 Å². The van der Waals surface area contributed by atoms with Crippen molar-refractivity contribution in [3.63, 3.8) is 0 Å². The molecule has 0 aliphatic heterocycles. The molecule has 0 radical (unpaired) electrons. The van der Waals surface area contributed by atoms with Crippen molar-refractivity contribution < 1.29 is 9.53 Å². The highest BCUT2D eigenvalue weighted by atomic mass is 79.9. The second-order valence-corrected chi connectivity index (χ2v) is 5.00. The molecule has 0 aliphatic carbocycles. The van der Waals surface area contributed by atoms with E-state index in [4.69, 9.17) is 4.74 Å². The highest BCUT2D eigenvalue weighted by molar-refractivity contribution is 9.10. The molecule has 5 nitrogen and oxygen atoms in total. The van der Waals surface area contributed by atoms with Gasteiger partial charge in [-0.25, -0.2) is 4.98 Å². The first-order valence-corrected chi connectivity index (χ1v) is 6.20. The summed E-state index contributed by atoms with van der Waals surface area (Å²) in [6.07, 6.45) is 0. The number of halogens is 1. The van der Waals surface area contributed by atoms with Crippen molar-refractivity contribution in [3.05, 3.63) is 11.8 Å². The van der Waals surface area contributed by atoms with E-state index in [1.54, 1.807) is 6.07 Å². The Kier molecular flexibility index (Phi) is 4.86. The average Bonchev–Trinajstić information content (AvgIpc) is 2.26. The molecule has 0 aliphatic rings. The quantitative estimate of drug-likeness (QED) is 0.866. The van der Waals surface area contributed by atoms with Crippen LogP contribution >= 0.6 is 15.9 Å². The largest absolute Gasteiger partial charge is 0.481 e. The van der Waals surface area contributed by atoms with Crippen LogP contribution in [0.1, 0.15) is 19.5 Å². The lowest BCUT2D eigenvalue weighted by molar-refractivity contribution is -0.116. The average molecular weight is 302 g/mol. The molecule has 0 aromatic carbocycles. The van der Waals surface area contributed by atoms with Gasteiger partial charge in [-0.2, -0.15) is 4.98 Å². The number of carbonyl (C=O) groups is 1. The van der Waals surface area contributed by atoms with Crippen LogP contribution in [0, 0.1) is 12.8 Å². The molecule has 1 amide bonds. The molecule has 1 N–H and O–H groups in total. The van der Waals surface area contributed by atoms with E-state index < -0.39 is 0 Å². The molecule has 0 saturated heterocycles. The summed E-state index contributed by atoms with van der Waals surface area (Å²) in [6.45, 7) is 5.72. The minimum atomic E-state index is -0.266. The van der Waals surface area contributed by atoms with E-state index in [0.29, 0.717) is 5.88 Å². The molecule has 0 bridgehead atoms. The second kappa shape index (κ2) is 5.95. The lowest BCUT2D eigenvalue weighted by Crippen LogP contribution is -2.28. The van der Waals surface area contributed by atoms with Gasteiger partial charge in [-0.15, -0.1) is 0 Å². The van der Waals surface area contributed by atoms with Gasteiger partial charge in [-0.1, -0.05) is 29.8 Å². The Morgan fingerprint density at radius 3 is 2.65 bits per heavy atom. The highest BCUT2D eigenvalue weighted by Crippen LogP contribution is 2.15. The van der Waals surface area contributed by atoms with Gasteiger partial charge < -0.3 is 4.74 Å². The third-order valence-electron chi connectivity index (χ3n) is 2.11. The lowest BCUT2D eigenvalue weighted by atomic mass is 10.1. The summed E-state index contributed by atoms with van der Waals surface area (Å²) in [4.78, 5) is 19.7. The predicted octanol–water partition coefficient (Wildman–Crippen LogP) is 2.15. The van der Waals surface area contributed by atoms with E-state index in [1.165, 1.54) is 7.11 Å². The maximum atomic E-state index is 11.8. The zero-order valence-electron chi connectivity index (χ0n) is 10.3. The minimum absolute atomic E-state index is 0.160. The summed E-state index contributed by atoms with van der Waals surface area (Å²) in [6, 6.07) is 1.70. The van der Waals surface area contributed by atoms with E-state index in [1.807, 2.05) is 20.8 Å². The van der Waals surface area contributed by atoms with Gasteiger partial charge in [0, 0.05) is 11.8 Å². The van der Waals surface area contributed by atoms with E-state index >= 15 is 0 Å².